The molecule has 0 aromatic heterocycles. The first kappa shape index (κ1) is 16.1. The molecule has 0 aliphatic heterocycles. The van der Waals surface area contributed by atoms with Crippen LogP contribution in [0.5, 0.6) is 0 Å². The van der Waals surface area contributed by atoms with Crippen LogP contribution in [0.25, 0.3) is 0 Å². The quantitative estimate of drug-likeness (QED) is 0.699. The second kappa shape index (κ2) is 6.18. The first-order valence-electron chi connectivity index (χ1n) is 5.24. The van der Waals surface area contributed by atoms with E-state index in [0.717, 1.165) is 11.4 Å². The molecule has 7 nitrogen and oxygen atoms in total. The minimum absolute atomic E-state index is 0.228. The minimum atomic E-state index is -3.87. The summed E-state index contributed by atoms with van der Waals surface area (Å²) >= 11 is 0. The van der Waals surface area contributed by atoms with Gasteiger partial charge in [-0.2, -0.15) is 12.7 Å². The van der Waals surface area contributed by atoms with Crippen molar-refractivity contribution < 1.29 is 17.9 Å². The standard InChI is InChI=1S/C9H21N3O4S/c1-5-12(7-9(2,3)6-10)17(14,15)11-8(13)16-4/h5-7,10H2,1-4H3,(H,11,13). The molecule has 8 heteroatoms. The summed E-state index contributed by atoms with van der Waals surface area (Å²) < 4.78 is 30.8. The Morgan fingerprint density at radius 2 is 2.00 bits per heavy atom. The van der Waals surface area contributed by atoms with Crippen LogP contribution in [0.4, 0.5) is 4.79 Å². The van der Waals surface area contributed by atoms with Gasteiger partial charge in [0, 0.05) is 13.1 Å². The fourth-order valence-corrected chi connectivity index (χ4v) is 2.40. The molecule has 0 spiro atoms. The summed E-state index contributed by atoms with van der Waals surface area (Å²) in [7, 11) is -2.77. The van der Waals surface area contributed by atoms with Crippen molar-refractivity contribution >= 4 is 16.3 Å². The van der Waals surface area contributed by atoms with Crippen LogP contribution in [0.2, 0.25) is 0 Å². The van der Waals surface area contributed by atoms with E-state index in [4.69, 9.17) is 5.73 Å². The lowest BCUT2D eigenvalue weighted by molar-refractivity contribution is 0.176. The molecule has 102 valence electrons. The van der Waals surface area contributed by atoms with Gasteiger partial charge in [-0.3, -0.25) is 0 Å². The highest BCUT2D eigenvalue weighted by Crippen LogP contribution is 2.16. The Morgan fingerprint density at radius 1 is 1.47 bits per heavy atom. The van der Waals surface area contributed by atoms with Crippen LogP contribution in [-0.4, -0.2) is 45.6 Å². The molecule has 0 aliphatic carbocycles. The van der Waals surface area contributed by atoms with Crippen molar-refractivity contribution in [3.63, 3.8) is 0 Å². The summed E-state index contributed by atoms with van der Waals surface area (Å²) in [6, 6.07) is 0. The van der Waals surface area contributed by atoms with E-state index in [2.05, 4.69) is 4.74 Å². The second-order valence-electron chi connectivity index (χ2n) is 4.39. The highest BCUT2D eigenvalue weighted by Gasteiger charge is 2.29. The number of rotatable bonds is 6. The maximum absolute atomic E-state index is 11.8. The van der Waals surface area contributed by atoms with Gasteiger partial charge in [-0.05, 0) is 12.0 Å². The van der Waals surface area contributed by atoms with Crippen LogP contribution in [0.1, 0.15) is 20.8 Å². The lowest BCUT2D eigenvalue weighted by Gasteiger charge is -2.29. The summed E-state index contributed by atoms with van der Waals surface area (Å²) in [5.41, 5.74) is 5.19. The zero-order chi connectivity index (χ0) is 13.7. The molecular formula is C9H21N3O4S. The van der Waals surface area contributed by atoms with E-state index in [1.807, 2.05) is 13.8 Å². The number of nitrogens with two attached hydrogens (primary N) is 1. The molecule has 17 heavy (non-hydrogen) atoms. The average molecular weight is 267 g/mol. The first-order valence-corrected chi connectivity index (χ1v) is 6.68. The number of hydrogen-bond donors (Lipinski definition) is 2. The lowest BCUT2D eigenvalue weighted by atomic mass is 9.94. The predicted octanol–water partition coefficient (Wildman–Crippen LogP) is -0.106. The Labute approximate surface area is 102 Å². The van der Waals surface area contributed by atoms with E-state index < -0.39 is 16.3 Å². The number of nitrogens with one attached hydrogen (secondary N) is 1. The van der Waals surface area contributed by atoms with Gasteiger partial charge < -0.3 is 10.5 Å². The summed E-state index contributed by atoms with van der Waals surface area (Å²) in [6.45, 7) is 6.20. The summed E-state index contributed by atoms with van der Waals surface area (Å²) in [5, 5.41) is 0. The number of methoxy groups -OCH3 is 1. The number of ether oxygens (including phenoxy) is 1. The molecule has 1 amide bonds. The predicted molar refractivity (Wildman–Crippen MR) is 64.5 cm³/mol. The number of amides is 1. The summed E-state index contributed by atoms with van der Waals surface area (Å²) in [5.74, 6) is 0. The first-order chi connectivity index (χ1) is 7.68. The van der Waals surface area contributed by atoms with Gasteiger partial charge in [-0.15, -0.1) is 0 Å². The zero-order valence-corrected chi connectivity index (χ0v) is 11.5. The topological polar surface area (TPSA) is 102 Å². The van der Waals surface area contributed by atoms with E-state index in [9.17, 15) is 13.2 Å². The third-order valence-electron chi connectivity index (χ3n) is 2.25. The van der Waals surface area contributed by atoms with Crippen molar-refractivity contribution in [1.82, 2.24) is 9.03 Å². The number of carbonyl (C=O) groups excluding carboxylic acids is 1. The molecule has 0 rings (SSSR count). The smallest absolute Gasteiger partial charge is 0.421 e. The maximum atomic E-state index is 11.8. The van der Waals surface area contributed by atoms with Crippen molar-refractivity contribution in [3.8, 4) is 0 Å². The van der Waals surface area contributed by atoms with Crippen LogP contribution in [0, 0.1) is 5.41 Å². The van der Waals surface area contributed by atoms with Gasteiger partial charge in [0.25, 0.3) is 0 Å². The highest BCUT2D eigenvalue weighted by atomic mass is 32.2. The molecule has 0 aromatic rings. The number of carbonyl (C=O) groups is 1. The van der Waals surface area contributed by atoms with Crippen LogP contribution < -0.4 is 10.5 Å². The van der Waals surface area contributed by atoms with Gasteiger partial charge >= 0.3 is 16.3 Å². The van der Waals surface area contributed by atoms with E-state index in [-0.39, 0.29) is 18.5 Å². The Kier molecular flexibility index (Phi) is 5.86. The molecule has 0 heterocycles. The number of hydrogen-bond acceptors (Lipinski definition) is 5. The third kappa shape index (κ3) is 5.33. The summed E-state index contributed by atoms with van der Waals surface area (Å²) in [4.78, 5) is 10.9. The molecule has 0 saturated carbocycles. The third-order valence-corrected chi connectivity index (χ3v) is 3.74. The van der Waals surface area contributed by atoms with Crippen molar-refractivity contribution in [3.05, 3.63) is 0 Å². The highest BCUT2D eigenvalue weighted by molar-refractivity contribution is 7.87. The molecule has 0 radical (unpaired) electrons. The fourth-order valence-electron chi connectivity index (χ4n) is 1.12. The van der Waals surface area contributed by atoms with E-state index in [1.165, 1.54) is 0 Å². The Bertz CT molecular complexity index is 353. The molecule has 0 bridgehead atoms. The van der Waals surface area contributed by atoms with Crippen molar-refractivity contribution in [2.24, 2.45) is 11.1 Å². The van der Waals surface area contributed by atoms with Gasteiger partial charge in [0.2, 0.25) is 0 Å². The van der Waals surface area contributed by atoms with Gasteiger partial charge in [-0.1, -0.05) is 20.8 Å². The Balaban J connectivity index is 4.82. The molecular weight excluding hydrogens is 246 g/mol. The Morgan fingerprint density at radius 3 is 2.35 bits per heavy atom. The maximum Gasteiger partial charge on any atom is 0.421 e. The molecule has 0 aliphatic rings. The van der Waals surface area contributed by atoms with Crippen molar-refractivity contribution in [2.75, 3.05) is 26.7 Å². The normalized spacial score (nSPS) is 12.6. The monoisotopic (exact) mass is 267 g/mol. The average Bonchev–Trinajstić information content (AvgIpc) is 2.25. The second-order valence-corrected chi connectivity index (χ2v) is 6.06. The number of nitrogens with zero attached hydrogens (tertiary/aromatic N) is 1. The van der Waals surface area contributed by atoms with E-state index in [1.54, 1.807) is 11.6 Å². The fraction of sp³-hybridized carbons (Fsp3) is 0.889. The van der Waals surface area contributed by atoms with Crippen molar-refractivity contribution in [2.45, 2.75) is 20.8 Å². The molecule has 0 saturated heterocycles. The van der Waals surface area contributed by atoms with Crippen LogP contribution in [0.3, 0.4) is 0 Å². The summed E-state index contributed by atoms with van der Waals surface area (Å²) in [6.07, 6.45) is -1.01. The van der Waals surface area contributed by atoms with Crippen LogP contribution in [0.15, 0.2) is 0 Å². The lowest BCUT2D eigenvalue weighted by Crippen LogP contribution is -2.48. The molecule has 0 fully saturated rings. The minimum Gasteiger partial charge on any atom is -0.452 e. The molecule has 0 unspecified atom stereocenters. The molecule has 0 atom stereocenters. The van der Waals surface area contributed by atoms with Gasteiger partial charge in [0.1, 0.15) is 0 Å². The Hall–Kier alpha value is -0.860. The largest absolute Gasteiger partial charge is 0.452 e. The van der Waals surface area contributed by atoms with Gasteiger partial charge in [-0.25, -0.2) is 9.52 Å². The van der Waals surface area contributed by atoms with Crippen LogP contribution >= 0.6 is 0 Å². The molecule has 3 N–H and O–H groups in total. The van der Waals surface area contributed by atoms with Crippen LogP contribution in [-0.2, 0) is 14.9 Å². The molecule has 0 aromatic carbocycles. The van der Waals surface area contributed by atoms with E-state index >= 15 is 0 Å². The SMILES string of the molecule is CCN(CC(C)(C)CN)S(=O)(=O)NC(=O)OC. The van der Waals surface area contributed by atoms with Gasteiger partial charge in [0.15, 0.2) is 0 Å². The van der Waals surface area contributed by atoms with Crippen molar-refractivity contribution in [1.29, 1.82) is 0 Å². The zero-order valence-electron chi connectivity index (χ0n) is 10.7. The van der Waals surface area contributed by atoms with Gasteiger partial charge in [0.05, 0.1) is 7.11 Å². The van der Waals surface area contributed by atoms with E-state index in [0.29, 0.717) is 6.54 Å².